The fraction of sp³-hybridized carbons (Fsp3) is 0.143. The van der Waals surface area contributed by atoms with E-state index in [0.717, 1.165) is 16.5 Å². The first-order valence-corrected chi connectivity index (χ1v) is 3.43. The van der Waals surface area contributed by atoms with Gasteiger partial charge in [0.25, 0.3) is 0 Å². The summed E-state index contributed by atoms with van der Waals surface area (Å²) >= 11 is 3.28. The van der Waals surface area contributed by atoms with E-state index in [1.807, 2.05) is 18.6 Å². The third-order valence-electron chi connectivity index (χ3n) is 1.07. The Morgan fingerprint density at radius 1 is 1.67 bits per heavy atom. The summed E-state index contributed by atoms with van der Waals surface area (Å²) in [7, 11) is 0. The van der Waals surface area contributed by atoms with E-state index in [-0.39, 0.29) is 0 Å². The highest BCUT2D eigenvalue weighted by atomic mass is 79.9. The number of nitriles is 1. The van der Waals surface area contributed by atoms with Crippen LogP contribution in [0.4, 0.5) is 0 Å². The molecular weight excluding hydrogens is 178 g/mol. The van der Waals surface area contributed by atoms with Gasteiger partial charge in [-0.1, -0.05) is 22.0 Å². The zero-order valence-electron chi connectivity index (χ0n) is 4.76. The smallest absolute Gasteiger partial charge is 0.0988 e. The van der Waals surface area contributed by atoms with Crippen LogP contribution < -0.4 is 0 Å². The van der Waals surface area contributed by atoms with Crippen LogP contribution in [0.5, 0.6) is 0 Å². The minimum atomic E-state index is 0.740. The van der Waals surface area contributed by atoms with Crippen molar-refractivity contribution in [2.45, 2.75) is 6.42 Å². The first-order chi connectivity index (χ1) is 4.33. The van der Waals surface area contributed by atoms with Crippen molar-refractivity contribution < 1.29 is 0 Å². The van der Waals surface area contributed by atoms with Crippen molar-refractivity contribution in [3.05, 3.63) is 28.6 Å². The number of hydrogen-bond acceptors (Lipinski definition) is 1. The summed E-state index contributed by atoms with van der Waals surface area (Å²) in [6, 6.07) is 2.07. The normalized spacial score (nSPS) is 17.8. The van der Waals surface area contributed by atoms with Crippen molar-refractivity contribution in [2.75, 3.05) is 0 Å². The molecule has 1 rings (SSSR count). The van der Waals surface area contributed by atoms with E-state index in [9.17, 15) is 0 Å². The highest BCUT2D eigenvalue weighted by Gasteiger charge is 2.00. The second-order valence-corrected chi connectivity index (χ2v) is 2.66. The van der Waals surface area contributed by atoms with Crippen LogP contribution in [0.15, 0.2) is 22.2 Å². The van der Waals surface area contributed by atoms with Gasteiger partial charge in [0.05, 0.1) is 6.07 Å². The van der Waals surface area contributed by atoms with Gasteiger partial charge in [0.15, 0.2) is 0 Å². The van der Waals surface area contributed by atoms with Gasteiger partial charge in [-0.3, -0.25) is 0 Å². The van der Waals surface area contributed by atoms with E-state index in [2.05, 4.69) is 22.0 Å². The van der Waals surface area contributed by atoms with E-state index in [1.54, 1.807) is 0 Å². The van der Waals surface area contributed by atoms with E-state index in [1.165, 1.54) is 0 Å². The van der Waals surface area contributed by atoms with Gasteiger partial charge in [0.1, 0.15) is 0 Å². The maximum absolute atomic E-state index is 8.41. The molecule has 1 aliphatic carbocycles. The van der Waals surface area contributed by atoms with E-state index in [0.29, 0.717) is 0 Å². The molecule has 0 amide bonds. The SMILES string of the molecule is N#CC1=CC[CH]C(Br)=C1. The first kappa shape index (κ1) is 6.57. The minimum Gasteiger partial charge on any atom is -0.192 e. The van der Waals surface area contributed by atoms with Gasteiger partial charge in [-0.25, -0.2) is 0 Å². The Bertz CT molecular complexity index is 207. The number of rotatable bonds is 0. The summed E-state index contributed by atoms with van der Waals surface area (Å²) < 4.78 is 1.00. The third-order valence-corrected chi connectivity index (χ3v) is 1.63. The van der Waals surface area contributed by atoms with Gasteiger partial charge in [0.2, 0.25) is 0 Å². The van der Waals surface area contributed by atoms with Gasteiger partial charge >= 0.3 is 0 Å². The molecule has 0 bridgehead atoms. The zero-order chi connectivity index (χ0) is 6.69. The Morgan fingerprint density at radius 3 is 2.89 bits per heavy atom. The molecule has 0 aromatic carbocycles. The molecule has 0 aromatic heterocycles. The molecule has 2 heteroatoms. The predicted molar refractivity (Wildman–Crippen MR) is 39.6 cm³/mol. The fourth-order valence-electron chi connectivity index (χ4n) is 0.643. The van der Waals surface area contributed by atoms with Gasteiger partial charge in [0, 0.05) is 16.5 Å². The molecule has 0 saturated heterocycles. The number of halogens is 1. The number of hydrogen-bond donors (Lipinski definition) is 0. The molecule has 0 heterocycles. The van der Waals surface area contributed by atoms with Crippen LogP contribution in [0.1, 0.15) is 6.42 Å². The summed E-state index contributed by atoms with van der Waals surface area (Å²) in [4.78, 5) is 0. The van der Waals surface area contributed by atoms with E-state index in [4.69, 9.17) is 5.26 Å². The van der Waals surface area contributed by atoms with Gasteiger partial charge < -0.3 is 0 Å². The summed E-state index contributed by atoms with van der Waals surface area (Å²) in [5.41, 5.74) is 0.740. The van der Waals surface area contributed by atoms with Gasteiger partial charge in [-0.15, -0.1) is 0 Å². The summed E-state index contributed by atoms with van der Waals surface area (Å²) in [6.45, 7) is 0. The molecule has 0 aliphatic heterocycles. The molecule has 0 unspecified atom stereocenters. The Hall–Kier alpha value is -0.550. The largest absolute Gasteiger partial charge is 0.192 e. The molecule has 9 heavy (non-hydrogen) atoms. The van der Waals surface area contributed by atoms with Crippen LogP contribution in [-0.4, -0.2) is 0 Å². The van der Waals surface area contributed by atoms with Gasteiger partial charge in [-0.2, -0.15) is 5.26 Å². The standard InChI is InChI=1S/C7H5BrN/c8-7-3-1-2-6(4-7)5-9/h2-4H,1H2. The lowest BCUT2D eigenvalue weighted by Crippen LogP contribution is -1.84. The maximum atomic E-state index is 8.41. The van der Waals surface area contributed by atoms with Crippen molar-refractivity contribution in [2.24, 2.45) is 0 Å². The monoisotopic (exact) mass is 182 g/mol. The summed E-state index contributed by atoms with van der Waals surface area (Å²) in [5, 5.41) is 8.41. The predicted octanol–water partition coefficient (Wildman–Crippen LogP) is 2.32. The molecule has 0 N–H and O–H groups in total. The molecule has 45 valence electrons. The number of allylic oxidation sites excluding steroid dienone is 4. The Morgan fingerprint density at radius 2 is 2.44 bits per heavy atom. The van der Waals surface area contributed by atoms with Gasteiger partial charge in [-0.05, 0) is 12.5 Å². The van der Waals surface area contributed by atoms with E-state index >= 15 is 0 Å². The fourth-order valence-corrected chi connectivity index (χ4v) is 1.08. The second kappa shape index (κ2) is 2.84. The van der Waals surface area contributed by atoms with Crippen LogP contribution in [0, 0.1) is 17.8 Å². The molecular formula is C7H5BrN. The molecule has 1 aliphatic rings. The van der Waals surface area contributed by atoms with Crippen molar-refractivity contribution in [1.29, 1.82) is 5.26 Å². The molecule has 0 spiro atoms. The van der Waals surface area contributed by atoms with Crippen molar-refractivity contribution in [3.8, 4) is 6.07 Å². The maximum Gasteiger partial charge on any atom is 0.0988 e. The van der Waals surface area contributed by atoms with Crippen molar-refractivity contribution in [3.63, 3.8) is 0 Å². The molecule has 0 saturated carbocycles. The second-order valence-electron chi connectivity index (χ2n) is 1.74. The molecule has 0 atom stereocenters. The summed E-state index contributed by atoms with van der Waals surface area (Å²) in [5.74, 6) is 0. The molecule has 0 aromatic rings. The highest BCUT2D eigenvalue weighted by Crippen LogP contribution is 2.19. The zero-order valence-corrected chi connectivity index (χ0v) is 6.35. The summed E-state index contributed by atoms with van der Waals surface area (Å²) in [6.07, 6.45) is 6.58. The van der Waals surface area contributed by atoms with Crippen LogP contribution in [0.2, 0.25) is 0 Å². The number of nitrogens with zero attached hydrogens (tertiary/aromatic N) is 1. The lowest BCUT2D eigenvalue weighted by Gasteiger charge is -2.00. The van der Waals surface area contributed by atoms with Crippen LogP contribution in [0.3, 0.4) is 0 Å². The van der Waals surface area contributed by atoms with E-state index < -0.39 is 0 Å². The lowest BCUT2D eigenvalue weighted by molar-refractivity contribution is 1.23. The van der Waals surface area contributed by atoms with Crippen LogP contribution in [-0.2, 0) is 0 Å². The third kappa shape index (κ3) is 1.69. The molecule has 1 radical (unpaired) electrons. The first-order valence-electron chi connectivity index (χ1n) is 2.63. The Labute approximate surface area is 62.8 Å². The average molecular weight is 183 g/mol. The lowest BCUT2D eigenvalue weighted by atomic mass is 10.1. The Balaban J connectivity index is 2.78. The average Bonchev–Trinajstić information content (AvgIpc) is 1.88. The van der Waals surface area contributed by atoms with Crippen LogP contribution >= 0.6 is 15.9 Å². The highest BCUT2D eigenvalue weighted by molar-refractivity contribution is 9.11. The molecule has 0 fully saturated rings. The molecule has 1 nitrogen and oxygen atoms in total. The van der Waals surface area contributed by atoms with Crippen LogP contribution in [0.25, 0.3) is 0 Å². The Kier molecular flexibility index (Phi) is 2.07. The van der Waals surface area contributed by atoms with Crippen molar-refractivity contribution in [1.82, 2.24) is 0 Å². The topological polar surface area (TPSA) is 23.8 Å². The van der Waals surface area contributed by atoms with Crippen molar-refractivity contribution >= 4 is 15.9 Å². The quantitative estimate of drug-likeness (QED) is 0.565. The minimum absolute atomic E-state index is 0.740.